The van der Waals surface area contributed by atoms with Crippen molar-refractivity contribution in [3.8, 4) is 0 Å². The summed E-state index contributed by atoms with van der Waals surface area (Å²) in [5, 5.41) is 3.43. The fourth-order valence-corrected chi connectivity index (χ4v) is 1.85. The lowest BCUT2D eigenvalue weighted by molar-refractivity contribution is 0.676. The van der Waals surface area contributed by atoms with Crippen molar-refractivity contribution in [1.29, 1.82) is 0 Å². The van der Waals surface area contributed by atoms with Gasteiger partial charge in [0.1, 0.15) is 0 Å². The number of hydrogen-bond acceptors (Lipinski definition) is 2. The van der Waals surface area contributed by atoms with Gasteiger partial charge in [0, 0.05) is 25.0 Å². The first-order chi connectivity index (χ1) is 7.42. The summed E-state index contributed by atoms with van der Waals surface area (Å²) in [6.45, 7) is 3.30. The molecule has 0 aromatic carbocycles. The minimum Gasteiger partial charge on any atom is -0.356 e. The minimum atomic E-state index is 0.727. The van der Waals surface area contributed by atoms with E-state index in [4.69, 9.17) is 0 Å². The highest BCUT2D eigenvalue weighted by Crippen LogP contribution is 2.36. The fourth-order valence-electron chi connectivity index (χ4n) is 1.85. The first-order valence-corrected chi connectivity index (χ1v) is 6.18. The molecule has 0 aliphatic heterocycles. The second-order valence-corrected chi connectivity index (χ2v) is 4.38. The maximum Gasteiger partial charge on any atom is 0.203 e. The van der Waals surface area contributed by atoms with Gasteiger partial charge in [0.25, 0.3) is 0 Å². The fraction of sp³-hybridized carbons (Fsp3) is 0.750. The van der Waals surface area contributed by atoms with Crippen molar-refractivity contribution < 1.29 is 0 Å². The van der Waals surface area contributed by atoms with Gasteiger partial charge in [-0.1, -0.05) is 26.2 Å². The van der Waals surface area contributed by atoms with Gasteiger partial charge in [0.2, 0.25) is 5.95 Å². The van der Waals surface area contributed by atoms with Gasteiger partial charge in [0.05, 0.1) is 0 Å². The van der Waals surface area contributed by atoms with Crippen molar-refractivity contribution in [2.75, 3.05) is 11.9 Å². The Morgan fingerprint density at radius 2 is 2.27 bits per heavy atom. The second-order valence-electron chi connectivity index (χ2n) is 4.38. The van der Waals surface area contributed by atoms with Gasteiger partial charge in [-0.15, -0.1) is 0 Å². The summed E-state index contributed by atoms with van der Waals surface area (Å²) in [4.78, 5) is 4.35. The lowest BCUT2D eigenvalue weighted by atomic mass is 10.2. The molecule has 1 aliphatic carbocycles. The van der Waals surface area contributed by atoms with E-state index in [1.54, 1.807) is 0 Å². The molecule has 0 spiro atoms. The van der Waals surface area contributed by atoms with Crippen LogP contribution in [0.5, 0.6) is 0 Å². The highest BCUT2D eigenvalue weighted by atomic mass is 15.2. The average molecular weight is 207 g/mol. The molecule has 0 atom stereocenters. The summed E-state index contributed by atoms with van der Waals surface area (Å²) in [6.07, 6.45) is 11.9. The van der Waals surface area contributed by atoms with Crippen molar-refractivity contribution in [3.05, 3.63) is 12.4 Å². The van der Waals surface area contributed by atoms with Crippen LogP contribution in [0.1, 0.15) is 51.5 Å². The molecule has 1 aromatic heterocycles. The first-order valence-electron chi connectivity index (χ1n) is 6.18. The Bertz CT molecular complexity index is 289. The van der Waals surface area contributed by atoms with Gasteiger partial charge in [-0.3, -0.25) is 0 Å². The van der Waals surface area contributed by atoms with Gasteiger partial charge in [0.15, 0.2) is 0 Å². The maximum absolute atomic E-state index is 4.35. The molecule has 1 heterocycles. The lowest BCUT2D eigenvalue weighted by Crippen LogP contribution is -2.07. The molecule has 84 valence electrons. The molecule has 0 saturated heterocycles. The van der Waals surface area contributed by atoms with Gasteiger partial charge in [-0.2, -0.15) is 0 Å². The molecule has 0 radical (unpaired) electrons. The monoisotopic (exact) mass is 207 g/mol. The van der Waals surface area contributed by atoms with Crippen molar-refractivity contribution >= 4 is 5.95 Å². The predicted molar refractivity (Wildman–Crippen MR) is 63.1 cm³/mol. The average Bonchev–Trinajstić information content (AvgIpc) is 2.99. The number of anilines is 1. The summed E-state index contributed by atoms with van der Waals surface area (Å²) >= 11 is 0. The normalized spacial score (nSPS) is 15.5. The third-order valence-electron chi connectivity index (χ3n) is 2.92. The molecule has 3 heteroatoms. The van der Waals surface area contributed by atoms with E-state index in [0.717, 1.165) is 18.5 Å². The smallest absolute Gasteiger partial charge is 0.203 e. The maximum atomic E-state index is 4.35. The van der Waals surface area contributed by atoms with Crippen LogP contribution in [0.2, 0.25) is 0 Å². The number of rotatable bonds is 7. The summed E-state index contributed by atoms with van der Waals surface area (Å²) < 4.78 is 2.28. The third-order valence-corrected chi connectivity index (χ3v) is 2.92. The van der Waals surface area contributed by atoms with E-state index in [1.807, 2.05) is 6.20 Å². The van der Waals surface area contributed by atoms with Gasteiger partial charge in [-0.25, -0.2) is 4.98 Å². The van der Waals surface area contributed by atoms with E-state index in [0.29, 0.717) is 0 Å². The van der Waals surface area contributed by atoms with Gasteiger partial charge >= 0.3 is 0 Å². The van der Waals surface area contributed by atoms with E-state index >= 15 is 0 Å². The highest BCUT2D eigenvalue weighted by Gasteiger charge is 2.25. The Labute approximate surface area is 91.9 Å². The first kappa shape index (κ1) is 10.5. The van der Waals surface area contributed by atoms with Crippen LogP contribution in [0.15, 0.2) is 12.4 Å². The van der Waals surface area contributed by atoms with Crippen molar-refractivity contribution in [1.82, 2.24) is 9.55 Å². The molecule has 1 aromatic rings. The van der Waals surface area contributed by atoms with Crippen LogP contribution >= 0.6 is 0 Å². The molecular weight excluding hydrogens is 186 g/mol. The second kappa shape index (κ2) is 5.19. The minimum absolute atomic E-state index is 0.727. The van der Waals surface area contributed by atoms with E-state index in [-0.39, 0.29) is 0 Å². The summed E-state index contributed by atoms with van der Waals surface area (Å²) in [7, 11) is 0. The lowest BCUT2D eigenvalue weighted by Gasteiger charge is -2.08. The Hall–Kier alpha value is -0.990. The highest BCUT2D eigenvalue weighted by molar-refractivity contribution is 5.27. The molecular formula is C12H21N3. The summed E-state index contributed by atoms with van der Waals surface area (Å²) in [5.41, 5.74) is 0. The van der Waals surface area contributed by atoms with Gasteiger partial charge in [-0.05, 0) is 19.3 Å². The molecule has 2 rings (SSSR count). The Kier molecular flexibility index (Phi) is 3.64. The number of aromatic nitrogens is 2. The Morgan fingerprint density at radius 3 is 3.00 bits per heavy atom. The zero-order chi connectivity index (χ0) is 10.5. The molecule has 0 bridgehead atoms. The summed E-state index contributed by atoms with van der Waals surface area (Å²) in [5.74, 6) is 1.06. The molecule has 0 unspecified atom stereocenters. The molecule has 15 heavy (non-hydrogen) atoms. The van der Waals surface area contributed by atoms with Crippen LogP contribution in [0, 0.1) is 0 Å². The standard InChI is InChI=1S/C12H21N3/c1-2-3-4-5-8-13-12-14-9-10-15(12)11-6-7-11/h9-11H,2-8H2,1H3,(H,13,14). The van der Waals surface area contributed by atoms with Crippen LogP contribution in [0.4, 0.5) is 5.95 Å². The molecule has 1 fully saturated rings. The number of imidazole rings is 1. The predicted octanol–water partition coefficient (Wildman–Crippen LogP) is 3.21. The Morgan fingerprint density at radius 1 is 1.40 bits per heavy atom. The molecule has 1 saturated carbocycles. The Balaban J connectivity index is 1.70. The van der Waals surface area contributed by atoms with E-state index < -0.39 is 0 Å². The van der Waals surface area contributed by atoms with E-state index in [9.17, 15) is 0 Å². The third kappa shape index (κ3) is 2.98. The van der Waals surface area contributed by atoms with E-state index in [2.05, 4.69) is 28.0 Å². The van der Waals surface area contributed by atoms with Crippen LogP contribution in [-0.2, 0) is 0 Å². The van der Waals surface area contributed by atoms with Crippen molar-refractivity contribution in [3.63, 3.8) is 0 Å². The zero-order valence-corrected chi connectivity index (χ0v) is 9.58. The van der Waals surface area contributed by atoms with Gasteiger partial charge < -0.3 is 9.88 Å². The van der Waals surface area contributed by atoms with E-state index in [1.165, 1.54) is 38.5 Å². The quantitative estimate of drug-likeness (QED) is 0.696. The number of nitrogens with zero attached hydrogens (tertiary/aromatic N) is 2. The summed E-state index contributed by atoms with van der Waals surface area (Å²) in [6, 6.07) is 0.727. The van der Waals surface area contributed by atoms with Crippen LogP contribution in [0.25, 0.3) is 0 Å². The molecule has 1 aliphatic rings. The molecule has 1 N–H and O–H groups in total. The van der Waals surface area contributed by atoms with Crippen molar-refractivity contribution in [2.24, 2.45) is 0 Å². The number of unbranched alkanes of at least 4 members (excludes halogenated alkanes) is 3. The van der Waals surface area contributed by atoms with Crippen LogP contribution in [-0.4, -0.2) is 16.1 Å². The zero-order valence-electron chi connectivity index (χ0n) is 9.58. The largest absolute Gasteiger partial charge is 0.356 e. The SMILES string of the molecule is CCCCCCNc1nccn1C1CC1. The molecule has 0 amide bonds. The van der Waals surface area contributed by atoms with Crippen LogP contribution < -0.4 is 5.32 Å². The number of hydrogen-bond donors (Lipinski definition) is 1. The number of nitrogens with one attached hydrogen (secondary N) is 1. The topological polar surface area (TPSA) is 29.9 Å². The van der Waals surface area contributed by atoms with Crippen LogP contribution in [0.3, 0.4) is 0 Å². The van der Waals surface area contributed by atoms with Crippen molar-refractivity contribution in [2.45, 2.75) is 51.5 Å². The molecule has 3 nitrogen and oxygen atoms in total.